The molecule has 3 nitrogen and oxygen atoms in total. The number of halogens is 1. The molecule has 0 saturated heterocycles. The van der Waals surface area contributed by atoms with Gasteiger partial charge in [0.15, 0.2) is 5.15 Å². The first kappa shape index (κ1) is 8.59. The highest BCUT2D eigenvalue weighted by atomic mass is 35.5. The molecule has 0 amide bonds. The van der Waals surface area contributed by atoms with Crippen LogP contribution in [0.5, 0.6) is 0 Å². The van der Waals surface area contributed by atoms with Gasteiger partial charge in [-0.15, -0.1) is 10.2 Å². The molecule has 0 fully saturated rings. The van der Waals surface area contributed by atoms with Gasteiger partial charge in [-0.2, -0.15) is 4.37 Å². The molecule has 0 unspecified atom stereocenters. The maximum Gasteiger partial charge on any atom is 0.151 e. The predicted octanol–water partition coefficient (Wildman–Crippen LogP) is 2.56. The summed E-state index contributed by atoms with van der Waals surface area (Å²) in [5.41, 5.74) is 1.81. The van der Waals surface area contributed by atoms with Crippen LogP contribution in [0.1, 0.15) is 5.69 Å². The second-order valence-corrected chi connectivity index (χ2v) is 3.77. The first-order chi connectivity index (χ1) is 6.25. The first-order valence-electron chi connectivity index (χ1n) is 3.68. The van der Waals surface area contributed by atoms with Crippen molar-refractivity contribution in [3.8, 4) is 10.6 Å². The van der Waals surface area contributed by atoms with Crippen molar-refractivity contribution < 1.29 is 0 Å². The minimum absolute atomic E-state index is 0.407. The normalized spacial score (nSPS) is 10.3. The van der Waals surface area contributed by atoms with E-state index < -0.39 is 0 Å². The van der Waals surface area contributed by atoms with E-state index in [0.29, 0.717) is 5.15 Å². The highest BCUT2D eigenvalue weighted by Crippen LogP contribution is 2.22. The van der Waals surface area contributed by atoms with E-state index in [2.05, 4.69) is 14.6 Å². The Kier molecular flexibility index (Phi) is 2.24. The van der Waals surface area contributed by atoms with Gasteiger partial charge < -0.3 is 0 Å². The van der Waals surface area contributed by atoms with Gasteiger partial charge >= 0.3 is 0 Å². The van der Waals surface area contributed by atoms with E-state index in [1.165, 1.54) is 11.5 Å². The highest BCUT2D eigenvalue weighted by molar-refractivity contribution is 7.09. The Hall–Kier alpha value is -1.00. The SMILES string of the molecule is Cc1cc(-c2ccc(Cl)nn2)sn1. The fraction of sp³-hybridized carbons (Fsp3) is 0.125. The fourth-order valence-corrected chi connectivity index (χ4v) is 1.75. The largest absolute Gasteiger partial charge is 0.197 e. The molecule has 0 aliphatic rings. The summed E-state index contributed by atoms with van der Waals surface area (Å²) in [6.45, 7) is 1.95. The van der Waals surface area contributed by atoms with E-state index in [4.69, 9.17) is 11.6 Å². The number of hydrogen-bond donors (Lipinski definition) is 0. The molecule has 2 aromatic rings. The van der Waals surface area contributed by atoms with Gasteiger partial charge in [-0.3, -0.25) is 0 Å². The topological polar surface area (TPSA) is 38.7 Å². The Balaban J connectivity index is 2.41. The minimum Gasteiger partial charge on any atom is -0.197 e. The van der Waals surface area contributed by atoms with Gasteiger partial charge in [-0.1, -0.05) is 11.6 Å². The van der Waals surface area contributed by atoms with Crippen LogP contribution in [-0.4, -0.2) is 14.6 Å². The van der Waals surface area contributed by atoms with Gasteiger partial charge in [0.2, 0.25) is 0 Å². The third-order valence-corrected chi connectivity index (χ3v) is 2.62. The van der Waals surface area contributed by atoms with E-state index in [0.717, 1.165) is 16.3 Å². The lowest BCUT2D eigenvalue weighted by atomic mass is 10.3. The average molecular weight is 212 g/mol. The third kappa shape index (κ3) is 1.84. The molecule has 66 valence electrons. The van der Waals surface area contributed by atoms with Crippen molar-refractivity contribution in [1.82, 2.24) is 14.6 Å². The smallest absolute Gasteiger partial charge is 0.151 e. The van der Waals surface area contributed by atoms with Crippen LogP contribution in [0, 0.1) is 6.92 Å². The molecule has 0 saturated carbocycles. The van der Waals surface area contributed by atoms with E-state index in [1.807, 2.05) is 19.1 Å². The Bertz CT molecular complexity index is 410. The Morgan fingerprint density at radius 1 is 1.31 bits per heavy atom. The lowest BCUT2D eigenvalue weighted by molar-refractivity contribution is 1.04. The standard InChI is InChI=1S/C8H6ClN3S/c1-5-4-7(13-12-5)6-2-3-8(9)11-10-6/h2-4H,1H3. The second kappa shape index (κ2) is 3.40. The fourth-order valence-electron chi connectivity index (χ4n) is 0.932. The van der Waals surface area contributed by atoms with Gasteiger partial charge in [-0.05, 0) is 36.7 Å². The van der Waals surface area contributed by atoms with Crippen LogP contribution in [-0.2, 0) is 0 Å². The predicted molar refractivity (Wildman–Crippen MR) is 52.9 cm³/mol. The van der Waals surface area contributed by atoms with Gasteiger partial charge in [-0.25, -0.2) is 0 Å². The zero-order valence-electron chi connectivity index (χ0n) is 6.86. The van der Waals surface area contributed by atoms with Gasteiger partial charge in [0.25, 0.3) is 0 Å². The summed E-state index contributed by atoms with van der Waals surface area (Å²) in [6.07, 6.45) is 0. The Morgan fingerprint density at radius 3 is 2.69 bits per heavy atom. The van der Waals surface area contributed by atoms with Crippen LogP contribution < -0.4 is 0 Å². The molecule has 0 bridgehead atoms. The monoisotopic (exact) mass is 211 g/mol. The maximum absolute atomic E-state index is 5.62. The summed E-state index contributed by atoms with van der Waals surface area (Å²) in [7, 11) is 0. The van der Waals surface area contributed by atoms with Crippen molar-refractivity contribution in [2.24, 2.45) is 0 Å². The molecule has 13 heavy (non-hydrogen) atoms. The number of aryl methyl sites for hydroxylation is 1. The summed E-state index contributed by atoms with van der Waals surface area (Å²) in [6, 6.07) is 5.53. The van der Waals surface area contributed by atoms with Crippen LogP contribution in [0.3, 0.4) is 0 Å². The molecule has 0 N–H and O–H groups in total. The average Bonchev–Trinajstić information content (AvgIpc) is 2.53. The molecule has 0 aromatic carbocycles. The van der Waals surface area contributed by atoms with Gasteiger partial charge in [0, 0.05) is 0 Å². The summed E-state index contributed by atoms with van der Waals surface area (Å²) < 4.78 is 4.16. The lowest BCUT2D eigenvalue weighted by Gasteiger charge is -1.92. The van der Waals surface area contributed by atoms with E-state index in [-0.39, 0.29) is 0 Å². The minimum atomic E-state index is 0.407. The van der Waals surface area contributed by atoms with Crippen molar-refractivity contribution in [3.63, 3.8) is 0 Å². The van der Waals surface area contributed by atoms with Crippen molar-refractivity contribution in [1.29, 1.82) is 0 Å². The molecule has 2 heterocycles. The molecule has 0 radical (unpaired) electrons. The second-order valence-electron chi connectivity index (χ2n) is 2.57. The molecule has 0 atom stereocenters. The molecule has 0 aliphatic heterocycles. The van der Waals surface area contributed by atoms with Crippen LogP contribution in [0.15, 0.2) is 18.2 Å². The van der Waals surface area contributed by atoms with Crippen molar-refractivity contribution in [2.45, 2.75) is 6.92 Å². The van der Waals surface area contributed by atoms with E-state index in [1.54, 1.807) is 6.07 Å². The number of aromatic nitrogens is 3. The summed E-state index contributed by atoms with van der Waals surface area (Å²) in [5.74, 6) is 0. The lowest BCUT2D eigenvalue weighted by Crippen LogP contribution is -1.84. The number of nitrogens with zero attached hydrogens (tertiary/aromatic N) is 3. The zero-order chi connectivity index (χ0) is 9.26. The van der Waals surface area contributed by atoms with Crippen LogP contribution in [0.25, 0.3) is 10.6 Å². The molecule has 2 aromatic heterocycles. The first-order valence-corrected chi connectivity index (χ1v) is 4.84. The van der Waals surface area contributed by atoms with Gasteiger partial charge in [0.05, 0.1) is 10.6 Å². The zero-order valence-corrected chi connectivity index (χ0v) is 8.43. The molecule has 0 spiro atoms. The summed E-state index contributed by atoms with van der Waals surface area (Å²) >= 11 is 7.03. The van der Waals surface area contributed by atoms with E-state index in [9.17, 15) is 0 Å². The van der Waals surface area contributed by atoms with Crippen molar-refractivity contribution in [2.75, 3.05) is 0 Å². The van der Waals surface area contributed by atoms with Crippen LogP contribution in [0.4, 0.5) is 0 Å². The number of rotatable bonds is 1. The Morgan fingerprint density at radius 2 is 2.15 bits per heavy atom. The van der Waals surface area contributed by atoms with E-state index >= 15 is 0 Å². The quantitative estimate of drug-likeness (QED) is 0.728. The molecule has 0 aliphatic carbocycles. The Labute approximate surface area is 84.6 Å². The maximum atomic E-state index is 5.62. The van der Waals surface area contributed by atoms with Crippen molar-refractivity contribution in [3.05, 3.63) is 29.0 Å². The highest BCUT2D eigenvalue weighted by Gasteiger charge is 2.03. The number of hydrogen-bond acceptors (Lipinski definition) is 4. The third-order valence-electron chi connectivity index (χ3n) is 1.51. The summed E-state index contributed by atoms with van der Waals surface area (Å²) in [4.78, 5) is 1.02. The van der Waals surface area contributed by atoms with Crippen LogP contribution in [0.2, 0.25) is 5.15 Å². The molecular weight excluding hydrogens is 206 g/mol. The van der Waals surface area contributed by atoms with Crippen molar-refractivity contribution >= 4 is 23.1 Å². The molecule has 2 rings (SSSR count). The van der Waals surface area contributed by atoms with Crippen LogP contribution >= 0.6 is 23.1 Å². The molecule has 5 heteroatoms. The molecular formula is C8H6ClN3S. The summed E-state index contributed by atoms with van der Waals surface area (Å²) in [5, 5.41) is 8.12. The van der Waals surface area contributed by atoms with Gasteiger partial charge in [0.1, 0.15) is 5.69 Å².